The smallest absolute Gasteiger partial charge is 0.406 e. The monoisotopic (exact) mass is 418 g/mol. The van der Waals surface area contributed by atoms with Gasteiger partial charge in [0.25, 0.3) is 0 Å². The van der Waals surface area contributed by atoms with E-state index in [1.54, 1.807) is 18.3 Å². The lowest BCUT2D eigenvalue weighted by Crippen LogP contribution is -2.49. The largest absolute Gasteiger partial charge is 0.573 e. The maximum atomic E-state index is 12.7. The van der Waals surface area contributed by atoms with Gasteiger partial charge in [0.1, 0.15) is 17.6 Å². The zero-order valence-corrected chi connectivity index (χ0v) is 16.1. The summed E-state index contributed by atoms with van der Waals surface area (Å²) in [5, 5.41) is 3.28. The zero-order valence-electron chi connectivity index (χ0n) is 15.3. The first-order valence-electron chi connectivity index (χ1n) is 8.65. The molecule has 1 unspecified atom stereocenters. The molecule has 1 aromatic carbocycles. The molecule has 1 atom stereocenters. The zero-order chi connectivity index (χ0) is 19.4. The van der Waals surface area contributed by atoms with E-state index in [0.29, 0.717) is 19.5 Å². The Morgan fingerprint density at radius 3 is 2.64 bits per heavy atom. The van der Waals surface area contributed by atoms with E-state index in [1.165, 1.54) is 12.1 Å². The second kappa shape index (κ2) is 9.29. The van der Waals surface area contributed by atoms with Gasteiger partial charge in [0.05, 0.1) is 0 Å². The Morgan fingerprint density at radius 1 is 1.32 bits per heavy atom. The van der Waals surface area contributed by atoms with Crippen molar-refractivity contribution in [1.82, 2.24) is 19.8 Å². The number of benzene rings is 1. The Morgan fingerprint density at radius 2 is 2.04 bits per heavy atom. The van der Waals surface area contributed by atoms with Crippen molar-refractivity contribution in [3.63, 3.8) is 0 Å². The highest BCUT2D eigenvalue weighted by molar-refractivity contribution is 5.85. The van der Waals surface area contributed by atoms with Crippen LogP contribution in [-0.2, 0) is 18.3 Å². The lowest BCUT2D eigenvalue weighted by atomic mass is 10.1. The highest BCUT2D eigenvalue weighted by Gasteiger charge is 2.31. The molecule has 0 aliphatic carbocycles. The van der Waals surface area contributed by atoms with E-state index in [-0.39, 0.29) is 36.5 Å². The van der Waals surface area contributed by atoms with E-state index in [2.05, 4.69) is 15.0 Å². The molecule has 2 aromatic rings. The summed E-state index contributed by atoms with van der Waals surface area (Å²) in [5.74, 6) is 0.554. The van der Waals surface area contributed by atoms with Crippen molar-refractivity contribution in [2.24, 2.45) is 7.05 Å². The van der Waals surface area contributed by atoms with E-state index in [1.807, 2.05) is 22.7 Å². The van der Waals surface area contributed by atoms with Gasteiger partial charge in [0.15, 0.2) is 0 Å². The summed E-state index contributed by atoms with van der Waals surface area (Å²) in [4.78, 5) is 18.9. The van der Waals surface area contributed by atoms with Crippen molar-refractivity contribution in [2.45, 2.75) is 25.2 Å². The standard InChI is InChI=1S/C18H21F3N4O2.ClH/c1-24-10-9-23-17(24)15-12-22-8-11-25(15)16(26)7-4-13-2-5-14(6-3-13)27-18(19,20)21;/h2-3,5-6,9-10,15,22H,4,7-8,11-12H2,1H3;1H. The van der Waals surface area contributed by atoms with Crippen molar-refractivity contribution in [3.05, 3.63) is 48.0 Å². The Bertz CT molecular complexity index is 780. The van der Waals surface area contributed by atoms with Crippen molar-refractivity contribution in [2.75, 3.05) is 19.6 Å². The van der Waals surface area contributed by atoms with E-state index in [4.69, 9.17) is 0 Å². The fraction of sp³-hybridized carbons (Fsp3) is 0.444. The number of aromatic nitrogens is 2. The number of imidazole rings is 1. The van der Waals surface area contributed by atoms with Gasteiger partial charge in [0, 0.05) is 45.5 Å². The van der Waals surface area contributed by atoms with Crippen molar-refractivity contribution >= 4 is 18.3 Å². The average Bonchev–Trinajstić information content (AvgIpc) is 3.05. The van der Waals surface area contributed by atoms with Crippen LogP contribution in [0.4, 0.5) is 13.2 Å². The molecular weight excluding hydrogens is 397 g/mol. The summed E-state index contributed by atoms with van der Waals surface area (Å²) in [5.41, 5.74) is 0.779. The van der Waals surface area contributed by atoms with Crippen LogP contribution in [0.1, 0.15) is 23.9 Å². The summed E-state index contributed by atoms with van der Waals surface area (Å²) in [7, 11) is 1.89. The summed E-state index contributed by atoms with van der Waals surface area (Å²) in [6, 6.07) is 5.47. The topological polar surface area (TPSA) is 59.4 Å². The minimum absolute atomic E-state index is 0. The molecule has 1 fully saturated rings. The fourth-order valence-electron chi connectivity index (χ4n) is 3.18. The molecule has 1 aliphatic rings. The molecule has 1 saturated heterocycles. The SMILES string of the molecule is Cl.Cn1ccnc1C1CNCCN1C(=O)CCc1ccc(OC(F)(F)F)cc1. The number of hydrogen-bond acceptors (Lipinski definition) is 4. The molecule has 6 nitrogen and oxygen atoms in total. The molecule has 28 heavy (non-hydrogen) atoms. The third kappa shape index (κ3) is 5.62. The van der Waals surface area contributed by atoms with Crippen molar-refractivity contribution < 1.29 is 22.7 Å². The van der Waals surface area contributed by atoms with Crippen LogP contribution in [0, 0.1) is 0 Å². The van der Waals surface area contributed by atoms with Gasteiger partial charge in [-0.2, -0.15) is 0 Å². The number of nitrogens with zero attached hydrogens (tertiary/aromatic N) is 3. The third-order valence-corrected chi connectivity index (χ3v) is 4.50. The molecule has 0 bridgehead atoms. The quantitative estimate of drug-likeness (QED) is 0.811. The van der Waals surface area contributed by atoms with Gasteiger partial charge in [-0.15, -0.1) is 25.6 Å². The Kier molecular flexibility index (Phi) is 7.31. The molecule has 0 radical (unpaired) electrons. The second-order valence-corrected chi connectivity index (χ2v) is 6.40. The lowest BCUT2D eigenvalue weighted by Gasteiger charge is -2.35. The Hall–Kier alpha value is -2.26. The van der Waals surface area contributed by atoms with Crippen molar-refractivity contribution in [3.8, 4) is 5.75 Å². The minimum atomic E-state index is -4.71. The van der Waals surface area contributed by atoms with E-state index in [9.17, 15) is 18.0 Å². The van der Waals surface area contributed by atoms with Gasteiger partial charge < -0.3 is 19.5 Å². The molecule has 1 amide bonds. The number of carbonyl (C=O) groups is 1. The number of piperazine rings is 1. The highest BCUT2D eigenvalue weighted by Crippen LogP contribution is 2.24. The van der Waals surface area contributed by atoms with E-state index >= 15 is 0 Å². The van der Waals surface area contributed by atoms with Gasteiger partial charge in [-0.3, -0.25) is 4.79 Å². The lowest BCUT2D eigenvalue weighted by molar-refractivity contribution is -0.274. The van der Waals surface area contributed by atoms with Gasteiger partial charge in [-0.1, -0.05) is 12.1 Å². The Labute approximate surface area is 167 Å². The molecule has 10 heteroatoms. The molecule has 3 rings (SSSR count). The molecule has 1 N–H and O–H groups in total. The predicted octanol–water partition coefficient (Wildman–Crippen LogP) is 2.85. The van der Waals surface area contributed by atoms with Crippen LogP contribution in [0.15, 0.2) is 36.7 Å². The van der Waals surface area contributed by atoms with Gasteiger partial charge >= 0.3 is 6.36 Å². The first-order valence-corrected chi connectivity index (χ1v) is 8.65. The number of amides is 1. The maximum absolute atomic E-state index is 12.7. The maximum Gasteiger partial charge on any atom is 0.573 e. The summed E-state index contributed by atoms with van der Waals surface area (Å²) < 4.78 is 42.3. The van der Waals surface area contributed by atoms with E-state index in [0.717, 1.165) is 17.9 Å². The fourth-order valence-corrected chi connectivity index (χ4v) is 3.18. The number of alkyl halides is 3. The molecule has 2 heterocycles. The predicted molar refractivity (Wildman–Crippen MR) is 99.2 cm³/mol. The highest BCUT2D eigenvalue weighted by atomic mass is 35.5. The molecular formula is C18H22ClF3N4O2. The summed E-state index contributed by atoms with van der Waals surface area (Å²) in [6.45, 7) is 1.95. The average molecular weight is 419 g/mol. The second-order valence-electron chi connectivity index (χ2n) is 6.40. The molecule has 1 aromatic heterocycles. The van der Waals surface area contributed by atoms with Gasteiger partial charge in [-0.05, 0) is 24.1 Å². The van der Waals surface area contributed by atoms with Crippen LogP contribution in [0.25, 0.3) is 0 Å². The first-order chi connectivity index (χ1) is 12.8. The Balaban J connectivity index is 0.00000280. The number of hydrogen-bond donors (Lipinski definition) is 1. The van der Waals surface area contributed by atoms with Crippen LogP contribution < -0.4 is 10.1 Å². The van der Waals surface area contributed by atoms with Crippen LogP contribution in [0.3, 0.4) is 0 Å². The van der Waals surface area contributed by atoms with Crippen LogP contribution >= 0.6 is 12.4 Å². The number of nitrogens with one attached hydrogen (secondary N) is 1. The number of ether oxygens (including phenoxy) is 1. The molecule has 0 saturated carbocycles. The molecule has 154 valence electrons. The number of carbonyl (C=O) groups excluding carboxylic acids is 1. The van der Waals surface area contributed by atoms with Crippen molar-refractivity contribution in [1.29, 1.82) is 0 Å². The van der Waals surface area contributed by atoms with Gasteiger partial charge in [0.2, 0.25) is 5.91 Å². The summed E-state index contributed by atoms with van der Waals surface area (Å²) in [6.07, 6.45) is -0.434. The molecule has 0 spiro atoms. The third-order valence-electron chi connectivity index (χ3n) is 4.50. The number of halogens is 4. The van der Waals surface area contributed by atoms with Gasteiger partial charge in [-0.25, -0.2) is 4.98 Å². The summed E-state index contributed by atoms with van der Waals surface area (Å²) >= 11 is 0. The first kappa shape index (κ1) is 22.0. The van der Waals surface area contributed by atoms with Crippen LogP contribution in [0.2, 0.25) is 0 Å². The van der Waals surface area contributed by atoms with Crippen LogP contribution in [-0.4, -0.2) is 46.4 Å². The van der Waals surface area contributed by atoms with Crippen LogP contribution in [0.5, 0.6) is 5.75 Å². The van der Waals surface area contributed by atoms with E-state index < -0.39 is 6.36 Å². The molecule has 1 aliphatic heterocycles. The number of aryl methyl sites for hydroxylation is 2. The number of rotatable bonds is 5. The normalized spacial score (nSPS) is 17.1. The minimum Gasteiger partial charge on any atom is -0.406 e.